The van der Waals surface area contributed by atoms with Gasteiger partial charge in [-0.15, -0.1) is 0 Å². The summed E-state index contributed by atoms with van der Waals surface area (Å²) in [6, 6.07) is 17.0. The van der Waals surface area contributed by atoms with Crippen molar-refractivity contribution < 1.29 is 4.74 Å². The largest absolute Gasteiger partial charge is 0.493 e. The molecule has 0 aliphatic rings. The van der Waals surface area contributed by atoms with Crippen LogP contribution < -0.4 is 10.5 Å². The molecule has 0 amide bonds. The van der Waals surface area contributed by atoms with Crippen LogP contribution in [-0.4, -0.2) is 6.61 Å². The molecule has 0 unspecified atom stereocenters. The highest BCUT2D eigenvalue weighted by atomic mass is 16.5. The highest BCUT2D eigenvalue weighted by Crippen LogP contribution is 2.13. The number of nitrogens with two attached hydrogens (primary N) is 1. The van der Waals surface area contributed by atoms with Gasteiger partial charge >= 0.3 is 0 Å². The monoisotopic (exact) mass is 238 g/mol. The van der Waals surface area contributed by atoms with Crippen LogP contribution in [0.4, 0.5) is 5.69 Å². The van der Waals surface area contributed by atoms with E-state index in [0.29, 0.717) is 12.2 Å². The molecule has 90 valence electrons. The highest BCUT2D eigenvalue weighted by molar-refractivity contribution is 5.39. The van der Waals surface area contributed by atoms with Crippen molar-refractivity contribution >= 4 is 5.69 Å². The van der Waals surface area contributed by atoms with Gasteiger partial charge in [-0.05, 0) is 35.9 Å². The molecule has 3 nitrogen and oxygen atoms in total. The van der Waals surface area contributed by atoms with Crippen molar-refractivity contribution in [1.82, 2.24) is 0 Å². The Morgan fingerprint density at radius 1 is 1.11 bits per heavy atom. The summed E-state index contributed by atoms with van der Waals surface area (Å²) in [5.74, 6) is 0.726. The summed E-state index contributed by atoms with van der Waals surface area (Å²) in [5.41, 5.74) is 8.17. The fourth-order valence-corrected chi connectivity index (χ4v) is 1.63. The van der Waals surface area contributed by atoms with E-state index in [1.807, 2.05) is 36.4 Å². The number of rotatable bonds is 4. The van der Waals surface area contributed by atoms with Gasteiger partial charge in [-0.1, -0.05) is 18.2 Å². The van der Waals surface area contributed by atoms with Crippen LogP contribution in [-0.2, 0) is 6.42 Å². The summed E-state index contributed by atoms with van der Waals surface area (Å²) in [4.78, 5) is 0. The third-order valence-corrected chi connectivity index (χ3v) is 2.60. The minimum absolute atomic E-state index is 0.582. The smallest absolute Gasteiger partial charge is 0.120 e. The lowest BCUT2D eigenvalue weighted by atomic mass is 10.1. The quantitative estimate of drug-likeness (QED) is 0.833. The molecule has 2 aromatic rings. The second-order valence-corrected chi connectivity index (χ2v) is 3.98. The molecule has 3 heteroatoms. The molecule has 0 saturated heterocycles. The van der Waals surface area contributed by atoms with Crippen molar-refractivity contribution in [3.63, 3.8) is 0 Å². The van der Waals surface area contributed by atoms with E-state index in [1.54, 1.807) is 12.1 Å². The van der Waals surface area contributed by atoms with E-state index >= 15 is 0 Å². The molecule has 0 fully saturated rings. The first kappa shape index (κ1) is 12.0. The maximum atomic E-state index is 8.77. The molecule has 18 heavy (non-hydrogen) atoms. The van der Waals surface area contributed by atoms with Crippen LogP contribution in [0, 0.1) is 11.3 Å². The maximum Gasteiger partial charge on any atom is 0.120 e. The first-order valence-electron chi connectivity index (χ1n) is 5.75. The SMILES string of the molecule is N#Cc1cccc(OCCc2ccc(N)cc2)c1. The summed E-state index contributed by atoms with van der Waals surface area (Å²) in [7, 11) is 0. The Morgan fingerprint density at radius 2 is 1.89 bits per heavy atom. The minimum atomic E-state index is 0.582. The Morgan fingerprint density at radius 3 is 2.61 bits per heavy atom. The van der Waals surface area contributed by atoms with E-state index in [0.717, 1.165) is 17.9 Å². The number of nitrogens with zero attached hydrogens (tertiary/aromatic N) is 1. The first-order chi connectivity index (χ1) is 8.78. The normalized spacial score (nSPS) is 9.72. The zero-order valence-corrected chi connectivity index (χ0v) is 9.97. The van der Waals surface area contributed by atoms with Crippen molar-refractivity contribution in [3.05, 3.63) is 59.7 Å². The molecule has 0 spiro atoms. The van der Waals surface area contributed by atoms with E-state index in [4.69, 9.17) is 15.7 Å². The summed E-state index contributed by atoms with van der Waals surface area (Å²) >= 11 is 0. The third kappa shape index (κ3) is 3.26. The summed E-state index contributed by atoms with van der Waals surface area (Å²) < 4.78 is 5.60. The lowest BCUT2D eigenvalue weighted by molar-refractivity contribution is 0.322. The molecule has 0 atom stereocenters. The summed E-state index contributed by atoms with van der Waals surface area (Å²) in [5, 5.41) is 8.77. The van der Waals surface area contributed by atoms with Gasteiger partial charge in [-0.3, -0.25) is 0 Å². The van der Waals surface area contributed by atoms with Gasteiger partial charge < -0.3 is 10.5 Å². The van der Waals surface area contributed by atoms with Gasteiger partial charge in [0.15, 0.2) is 0 Å². The topological polar surface area (TPSA) is 59.0 Å². The molecular weight excluding hydrogens is 224 g/mol. The summed E-state index contributed by atoms with van der Waals surface area (Å²) in [6.45, 7) is 0.582. The molecular formula is C15H14N2O. The molecule has 2 rings (SSSR count). The Labute approximate surface area is 106 Å². The molecule has 0 heterocycles. The number of ether oxygens (including phenoxy) is 1. The van der Waals surface area contributed by atoms with Crippen molar-refractivity contribution in [2.24, 2.45) is 0 Å². The summed E-state index contributed by atoms with van der Waals surface area (Å²) in [6.07, 6.45) is 0.817. The van der Waals surface area contributed by atoms with Gasteiger partial charge in [0.05, 0.1) is 18.2 Å². The van der Waals surface area contributed by atoms with Crippen molar-refractivity contribution in [3.8, 4) is 11.8 Å². The zero-order valence-electron chi connectivity index (χ0n) is 9.97. The van der Waals surface area contributed by atoms with Crippen LogP contribution in [0.25, 0.3) is 0 Å². The van der Waals surface area contributed by atoms with E-state index in [-0.39, 0.29) is 0 Å². The number of anilines is 1. The van der Waals surface area contributed by atoms with Gasteiger partial charge in [-0.25, -0.2) is 0 Å². The van der Waals surface area contributed by atoms with Gasteiger partial charge in [0.2, 0.25) is 0 Å². The van der Waals surface area contributed by atoms with Crippen LogP contribution in [0.2, 0.25) is 0 Å². The Kier molecular flexibility index (Phi) is 3.83. The molecule has 0 aliphatic heterocycles. The van der Waals surface area contributed by atoms with Gasteiger partial charge in [0.25, 0.3) is 0 Å². The average Bonchev–Trinajstić information content (AvgIpc) is 2.41. The minimum Gasteiger partial charge on any atom is -0.493 e. The molecule has 0 radical (unpaired) electrons. The standard InChI is InChI=1S/C15H14N2O/c16-11-13-2-1-3-15(10-13)18-9-8-12-4-6-14(17)7-5-12/h1-7,10H,8-9,17H2. The van der Waals surface area contributed by atoms with Crippen LogP contribution in [0.1, 0.15) is 11.1 Å². The van der Waals surface area contributed by atoms with E-state index in [1.165, 1.54) is 5.56 Å². The number of benzene rings is 2. The maximum absolute atomic E-state index is 8.77. The van der Waals surface area contributed by atoms with Crippen molar-refractivity contribution in [1.29, 1.82) is 5.26 Å². The van der Waals surface area contributed by atoms with E-state index in [9.17, 15) is 0 Å². The number of hydrogen-bond acceptors (Lipinski definition) is 3. The lowest BCUT2D eigenvalue weighted by Gasteiger charge is -2.06. The van der Waals surface area contributed by atoms with Crippen molar-refractivity contribution in [2.75, 3.05) is 12.3 Å². The lowest BCUT2D eigenvalue weighted by Crippen LogP contribution is -2.01. The highest BCUT2D eigenvalue weighted by Gasteiger charge is 1.97. The van der Waals surface area contributed by atoms with Crippen molar-refractivity contribution in [2.45, 2.75) is 6.42 Å². The fraction of sp³-hybridized carbons (Fsp3) is 0.133. The number of nitrogen functional groups attached to an aromatic ring is 1. The molecule has 2 aromatic carbocycles. The molecule has 0 saturated carbocycles. The third-order valence-electron chi connectivity index (χ3n) is 2.60. The first-order valence-corrected chi connectivity index (χ1v) is 5.75. The van der Waals surface area contributed by atoms with Crippen LogP contribution >= 0.6 is 0 Å². The Balaban J connectivity index is 1.88. The number of nitriles is 1. The molecule has 2 N–H and O–H groups in total. The fourth-order valence-electron chi connectivity index (χ4n) is 1.63. The molecule has 0 aliphatic carbocycles. The van der Waals surface area contributed by atoms with Crippen LogP contribution in [0.5, 0.6) is 5.75 Å². The predicted molar refractivity (Wildman–Crippen MR) is 71.2 cm³/mol. The number of hydrogen-bond donors (Lipinski definition) is 1. The second-order valence-electron chi connectivity index (χ2n) is 3.98. The van der Waals surface area contributed by atoms with E-state index < -0.39 is 0 Å². The van der Waals surface area contributed by atoms with Gasteiger partial charge in [0.1, 0.15) is 5.75 Å². The Hall–Kier alpha value is -2.47. The van der Waals surface area contributed by atoms with E-state index in [2.05, 4.69) is 6.07 Å². The van der Waals surface area contributed by atoms with Crippen LogP contribution in [0.15, 0.2) is 48.5 Å². The molecule has 0 aromatic heterocycles. The predicted octanol–water partition coefficient (Wildman–Crippen LogP) is 2.76. The molecule has 0 bridgehead atoms. The Bertz CT molecular complexity index is 555. The van der Waals surface area contributed by atoms with Gasteiger partial charge in [0, 0.05) is 12.1 Å². The zero-order chi connectivity index (χ0) is 12.8. The van der Waals surface area contributed by atoms with Crippen LogP contribution in [0.3, 0.4) is 0 Å². The average molecular weight is 238 g/mol. The second kappa shape index (κ2) is 5.74. The van der Waals surface area contributed by atoms with Gasteiger partial charge in [-0.2, -0.15) is 5.26 Å².